The van der Waals surface area contributed by atoms with E-state index in [1.54, 1.807) is 0 Å². The number of Topliss-reactive ketones (excluding diaryl/α,β-unsaturated/α-hetero) is 1. The van der Waals surface area contributed by atoms with Gasteiger partial charge in [-0.05, 0) is 55.4 Å². The van der Waals surface area contributed by atoms with Crippen LogP contribution < -0.4 is 10.1 Å². The Labute approximate surface area is 144 Å². The molecule has 1 aromatic rings. The Hall–Kier alpha value is -1.39. The van der Waals surface area contributed by atoms with Crippen LogP contribution >= 0.6 is 0 Å². The molecule has 24 heavy (non-hydrogen) atoms. The van der Waals surface area contributed by atoms with E-state index in [1.165, 1.54) is 11.1 Å². The van der Waals surface area contributed by atoms with Crippen LogP contribution in [0.4, 0.5) is 0 Å². The molecule has 2 aliphatic carbocycles. The first-order chi connectivity index (χ1) is 11.8. The van der Waals surface area contributed by atoms with Crippen LogP contribution in [0.15, 0.2) is 18.2 Å². The second kappa shape index (κ2) is 6.49. The summed E-state index contributed by atoms with van der Waals surface area (Å²) in [5.74, 6) is 1.67. The number of hydrogen-bond donors (Lipinski definition) is 1. The Morgan fingerprint density at radius 2 is 2.12 bits per heavy atom. The maximum absolute atomic E-state index is 13.4. The van der Waals surface area contributed by atoms with Crippen molar-refractivity contribution in [3.05, 3.63) is 29.3 Å². The lowest BCUT2D eigenvalue weighted by Gasteiger charge is -2.43. The molecule has 1 N–H and O–H groups in total. The lowest BCUT2D eigenvalue weighted by atomic mass is 9.82. The van der Waals surface area contributed by atoms with Crippen LogP contribution in [0.5, 0.6) is 5.75 Å². The van der Waals surface area contributed by atoms with Gasteiger partial charge in [-0.1, -0.05) is 13.0 Å². The molecule has 0 bridgehead atoms. The number of aryl methyl sites for hydroxylation is 1. The quantitative estimate of drug-likeness (QED) is 0.871. The van der Waals surface area contributed by atoms with Crippen LogP contribution in [-0.4, -0.2) is 43.5 Å². The fourth-order valence-electron chi connectivity index (χ4n) is 4.39. The average molecular weight is 328 g/mol. The summed E-state index contributed by atoms with van der Waals surface area (Å²) >= 11 is 0. The van der Waals surface area contributed by atoms with Gasteiger partial charge in [0.05, 0.1) is 6.61 Å². The van der Waals surface area contributed by atoms with Crippen molar-refractivity contribution in [3.8, 4) is 5.75 Å². The summed E-state index contributed by atoms with van der Waals surface area (Å²) in [4.78, 5) is 15.9. The van der Waals surface area contributed by atoms with Crippen LogP contribution in [0, 0.1) is 5.92 Å². The van der Waals surface area contributed by atoms with Crippen molar-refractivity contribution in [1.29, 1.82) is 0 Å². The van der Waals surface area contributed by atoms with Crippen molar-refractivity contribution >= 4 is 5.78 Å². The molecule has 0 aromatic heterocycles. The lowest BCUT2D eigenvalue weighted by molar-refractivity contribution is -0.134. The molecule has 0 amide bonds. The topological polar surface area (TPSA) is 41.6 Å². The summed E-state index contributed by atoms with van der Waals surface area (Å²) in [5, 5.41) is 3.42. The Morgan fingerprint density at radius 1 is 1.33 bits per heavy atom. The zero-order chi connectivity index (χ0) is 16.6. The molecule has 0 radical (unpaired) electrons. The Morgan fingerprint density at radius 3 is 2.83 bits per heavy atom. The molecule has 130 valence electrons. The first kappa shape index (κ1) is 16.1. The summed E-state index contributed by atoms with van der Waals surface area (Å²) in [5.41, 5.74) is 2.17. The Bertz CT molecular complexity index is 620. The number of benzene rings is 1. The third kappa shape index (κ3) is 2.66. The van der Waals surface area contributed by atoms with E-state index in [1.807, 2.05) is 0 Å². The molecule has 1 saturated heterocycles. The van der Waals surface area contributed by atoms with Crippen molar-refractivity contribution in [2.45, 2.75) is 44.6 Å². The Balaban J connectivity index is 1.73. The second-order valence-electron chi connectivity index (χ2n) is 7.40. The fourth-order valence-corrected chi connectivity index (χ4v) is 4.39. The molecule has 1 atom stereocenters. The van der Waals surface area contributed by atoms with Gasteiger partial charge in [0, 0.05) is 32.1 Å². The highest BCUT2D eigenvalue weighted by Gasteiger charge is 2.53. The molecule has 3 aliphatic rings. The highest BCUT2D eigenvalue weighted by Crippen LogP contribution is 2.49. The number of ketones is 1. The van der Waals surface area contributed by atoms with Crippen LogP contribution in [-0.2, 0) is 16.8 Å². The van der Waals surface area contributed by atoms with Crippen LogP contribution in [0.3, 0.4) is 0 Å². The molecule has 1 saturated carbocycles. The summed E-state index contributed by atoms with van der Waals surface area (Å²) in [7, 11) is 0. The van der Waals surface area contributed by atoms with Gasteiger partial charge in [0.1, 0.15) is 11.3 Å². The molecule has 1 aromatic carbocycles. The van der Waals surface area contributed by atoms with Crippen LogP contribution in [0.25, 0.3) is 0 Å². The molecule has 4 rings (SSSR count). The standard InChI is InChI=1S/C20H28N2O2/c1-2-13-24-17-6-5-15-7-8-20(18(15)14-17,19(23)16-3-4-16)22-11-9-21-10-12-22/h5-6,14,16,21H,2-4,7-13H2,1H3. The summed E-state index contributed by atoms with van der Waals surface area (Å²) in [6.45, 7) is 6.71. The molecular formula is C20H28N2O2. The molecule has 4 nitrogen and oxygen atoms in total. The number of rotatable bonds is 6. The van der Waals surface area contributed by atoms with Crippen molar-refractivity contribution in [2.24, 2.45) is 5.92 Å². The van der Waals surface area contributed by atoms with E-state index in [0.717, 1.165) is 70.6 Å². The summed E-state index contributed by atoms with van der Waals surface area (Å²) < 4.78 is 5.87. The summed E-state index contributed by atoms with van der Waals surface area (Å²) in [6.07, 6.45) is 5.10. The minimum atomic E-state index is -0.399. The minimum Gasteiger partial charge on any atom is -0.494 e. The number of fused-ring (bicyclic) bond motifs is 1. The molecule has 1 unspecified atom stereocenters. The molecule has 4 heteroatoms. The minimum absolute atomic E-state index is 0.283. The predicted octanol–water partition coefficient (Wildman–Crippen LogP) is 2.50. The van der Waals surface area contributed by atoms with Gasteiger partial charge in [-0.3, -0.25) is 9.69 Å². The first-order valence-corrected chi connectivity index (χ1v) is 9.52. The van der Waals surface area contributed by atoms with Gasteiger partial charge >= 0.3 is 0 Å². The number of carbonyl (C=O) groups excluding carboxylic acids is 1. The number of hydrogen-bond acceptors (Lipinski definition) is 4. The number of ether oxygens (including phenoxy) is 1. The third-order valence-electron chi connectivity index (χ3n) is 5.77. The highest BCUT2D eigenvalue weighted by atomic mass is 16.5. The van der Waals surface area contributed by atoms with Crippen molar-refractivity contribution in [2.75, 3.05) is 32.8 Å². The van der Waals surface area contributed by atoms with E-state index in [0.29, 0.717) is 5.78 Å². The molecule has 1 heterocycles. The predicted molar refractivity (Wildman–Crippen MR) is 94.4 cm³/mol. The Kier molecular flexibility index (Phi) is 4.35. The average Bonchev–Trinajstić information content (AvgIpc) is 3.41. The smallest absolute Gasteiger partial charge is 0.160 e. The van der Waals surface area contributed by atoms with Gasteiger partial charge in [0.15, 0.2) is 5.78 Å². The van der Waals surface area contributed by atoms with E-state index in [4.69, 9.17) is 4.74 Å². The van der Waals surface area contributed by atoms with Gasteiger partial charge in [-0.15, -0.1) is 0 Å². The first-order valence-electron chi connectivity index (χ1n) is 9.52. The maximum atomic E-state index is 13.4. The lowest BCUT2D eigenvalue weighted by Crippen LogP contribution is -2.57. The van der Waals surface area contributed by atoms with Crippen LogP contribution in [0.2, 0.25) is 0 Å². The van der Waals surface area contributed by atoms with E-state index in [-0.39, 0.29) is 5.92 Å². The fraction of sp³-hybridized carbons (Fsp3) is 0.650. The zero-order valence-corrected chi connectivity index (χ0v) is 14.6. The highest BCUT2D eigenvalue weighted by molar-refractivity contribution is 5.94. The molecule has 2 fully saturated rings. The largest absolute Gasteiger partial charge is 0.494 e. The second-order valence-corrected chi connectivity index (χ2v) is 7.40. The summed E-state index contributed by atoms with van der Waals surface area (Å²) in [6, 6.07) is 6.43. The molecule has 1 aliphatic heterocycles. The van der Waals surface area contributed by atoms with Crippen molar-refractivity contribution in [1.82, 2.24) is 10.2 Å². The maximum Gasteiger partial charge on any atom is 0.160 e. The van der Waals surface area contributed by atoms with E-state index in [9.17, 15) is 4.79 Å². The van der Waals surface area contributed by atoms with Gasteiger partial charge in [0.25, 0.3) is 0 Å². The van der Waals surface area contributed by atoms with E-state index in [2.05, 4.69) is 35.3 Å². The number of piperazine rings is 1. The van der Waals surface area contributed by atoms with E-state index < -0.39 is 5.54 Å². The van der Waals surface area contributed by atoms with Gasteiger partial charge in [-0.2, -0.15) is 0 Å². The zero-order valence-electron chi connectivity index (χ0n) is 14.6. The third-order valence-corrected chi connectivity index (χ3v) is 5.77. The normalized spacial score (nSPS) is 27.0. The number of nitrogens with zero attached hydrogens (tertiary/aromatic N) is 1. The van der Waals surface area contributed by atoms with Gasteiger partial charge < -0.3 is 10.1 Å². The van der Waals surface area contributed by atoms with Crippen molar-refractivity contribution in [3.63, 3.8) is 0 Å². The number of carbonyl (C=O) groups is 1. The molecular weight excluding hydrogens is 300 g/mol. The molecule has 0 spiro atoms. The van der Waals surface area contributed by atoms with Gasteiger partial charge in [0.2, 0.25) is 0 Å². The monoisotopic (exact) mass is 328 g/mol. The SMILES string of the molecule is CCCOc1ccc2c(c1)C(C(=O)C1CC1)(N1CCNCC1)CC2. The van der Waals surface area contributed by atoms with Crippen LogP contribution in [0.1, 0.15) is 43.7 Å². The van der Waals surface area contributed by atoms with E-state index >= 15 is 0 Å². The van der Waals surface area contributed by atoms with Gasteiger partial charge in [-0.25, -0.2) is 0 Å². The van der Waals surface area contributed by atoms with Crippen molar-refractivity contribution < 1.29 is 9.53 Å². The number of nitrogens with one attached hydrogen (secondary N) is 1.